The van der Waals surface area contributed by atoms with E-state index in [9.17, 15) is 14.4 Å². The van der Waals surface area contributed by atoms with Crippen LogP contribution >= 0.6 is 0 Å². The number of nitrogens with zero attached hydrogens (tertiary/aromatic N) is 1. The lowest BCUT2D eigenvalue weighted by molar-refractivity contribution is -0.140. The number of rotatable bonds is 6. The topological polar surface area (TPSA) is 113 Å². The summed E-state index contributed by atoms with van der Waals surface area (Å²) in [4.78, 5) is 34.2. The maximum absolute atomic E-state index is 11.6. The van der Waals surface area contributed by atoms with Crippen LogP contribution in [0.25, 0.3) is 0 Å². The first-order chi connectivity index (χ1) is 7.92. The Hall–Kier alpha value is -2.23. The molecule has 0 aromatic rings. The van der Waals surface area contributed by atoms with Crippen molar-refractivity contribution in [2.24, 2.45) is 5.73 Å². The van der Waals surface area contributed by atoms with Gasteiger partial charge in [0.05, 0.1) is 13.0 Å². The van der Waals surface area contributed by atoms with Crippen molar-refractivity contribution in [1.29, 1.82) is 0 Å². The summed E-state index contributed by atoms with van der Waals surface area (Å²) >= 11 is 0. The standard InChI is InChI=1S/C10H15N3O4/c1-3-5-13(4-2)10(17)12-7(9(15)16)6-8(11)14/h1,7H,4-6H2,2H3,(H2,11,14)(H,12,17)(H,15,16). The first kappa shape index (κ1) is 14.8. The van der Waals surface area contributed by atoms with Crippen LogP contribution in [0.1, 0.15) is 13.3 Å². The van der Waals surface area contributed by atoms with Gasteiger partial charge < -0.3 is 21.1 Å². The minimum atomic E-state index is -1.34. The van der Waals surface area contributed by atoms with Gasteiger partial charge in [-0.2, -0.15) is 0 Å². The molecule has 7 nitrogen and oxygen atoms in total. The molecule has 0 rings (SSSR count). The van der Waals surface area contributed by atoms with Crippen LogP contribution < -0.4 is 11.1 Å². The van der Waals surface area contributed by atoms with Crippen LogP contribution in [0.5, 0.6) is 0 Å². The number of nitrogens with one attached hydrogen (secondary N) is 1. The predicted molar refractivity (Wildman–Crippen MR) is 59.8 cm³/mol. The molecule has 94 valence electrons. The van der Waals surface area contributed by atoms with Crippen LogP contribution in [0.3, 0.4) is 0 Å². The van der Waals surface area contributed by atoms with Crippen LogP contribution in [0.4, 0.5) is 4.79 Å². The first-order valence-corrected chi connectivity index (χ1v) is 4.92. The minimum absolute atomic E-state index is 0.0608. The maximum atomic E-state index is 11.6. The van der Waals surface area contributed by atoms with Gasteiger partial charge in [0.1, 0.15) is 6.04 Å². The fraction of sp³-hybridized carbons (Fsp3) is 0.500. The van der Waals surface area contributed by atoms with Gasteiger partial charge in [-0.05, 0) is 6.92 Å². The molecule has 0 aliphatic heterocycles. The smallest absolute Gasteiger partial charge is 0.326 e. The number of amides is 3. The number of carbonyl (C=O) groups excluding carboxylic acids is 2. The molecule has 0 saturated carbocycles. The third-order valence-electron chi connectivity index (χ3n) is 1.95. The van der Waals surface area contributed by atoms with Crippen molar-refractivity contribution in [2.75, 3.05) is 13.1 Å². The Morgan fingerprint density at radius 2 is 2.12 bits per heavy atom. The van der Waals surface area contributed by atoms with Crippen LogP contribution in [-0.2, 0) is 9.59 Å². The van der Waals surface area contributed by atoms with Gasteiger partial charge in [-0.25, -0.2) is 9.59 Å². The highest BCUT2D eigenvalue weighted by Crippen LogP contribution is 1.95. The fourth-order valence-electron chi connectivity index (χ4n) is 1.08. The molecule has 17 heavy (non-hydrogen) atoms. The van der Waals surface area contributed by atoms with Gasteiger partial charge in [0, 0.05) is 6.54 Å². The van der Waals surface area contributed by atoms with Gasteiger partial charge in [-0.3, -0.25) is 4.79 Å². The Bertz CT molecular complexity index is 348. The molecule has 0 radical (unpaired) electrons. The molecule has 0 heterocycles. The van der Waals surface area contributed by atoms with Crippen LogP contribution in [0.2, 0.25) is 0 Å². The normalized spacial score (nSPS) is 11.1. The molecule has 0 aromatic carbocycles. The van der Waals surface area contributed by atoms with Crippen molar-refractivity contribution in [3.8, 4) is 12.3 Å². The SMILES string of the molecule is C#CCN(CC)C(=O)NC(CC(N)=O)C(=O)O. The second-order valence-electron chi connectivity index (χ2n) is 3.23. The van der Waals surface area contributed by atoms with Crippen LogP contribution in [0.15, 0.2) is 0 Å². The summed E-state index contributed by atoms with van der Waals surface area (Å²) in [5.74, 6) is 0.136. The predicted octanol–water partition coefficient (Wildman–Crippen LogP) is -1.02. The fourth-order valence-corrected chi connectivity index (χ4v) is 1.08. The number of primary amides is 1. The van der Waals surface area contributed by atoms with Crippen LogP contribution in [0, 0.1) is 12.3 Å². The van der Waals surface area contributed by atoms with E-state index >= 15 is 0 Å². The molecule has 1 unspecified atom stereocenters. The molecule has 0 fully saturated rings. The summed E-state index contributed by atoms with van der Waals surface area (Å²) in [5.41, 5.74) is 4.87. The molecule has 0 aromatic heterocycles. The van der Waals surface area contributed by atoms with E-state index in [1.54, 1.807) is 6.92 Å². The van der Waals surface area contributed by atoms with E-state index in [1.165, 1.54) is 4.90 Å². The number of carboxylic acids is 1. The lowest BCUT2D eigenvalue weighted by Crippen LogP contribution is -2.49. The molecule has 0 saturated heterocycles. The average molecular weight is 241 g/mol. The van der Waals surface area contributed by atoms with Gasteiger partial charge in [0.25, 0.3) is 0 Å². The van der Waals surface area contributed by atoms with E-state index in [4.69, 9.17) is 17.3 Å². The highest BCUT2D eigenvalue weighted by Gasteiger charge is 2.23. The molecule has 0 spiro atoms. The summed E-state index contributed by atoms with van der Waals surface area (Å²) in [7, 11) is 0. The first-order valence-electron chi connectivity index (χ1n) is 4.92. The van der Waals surface area contributed by atoms with E-state index < -0.39 is 30.4 Å². The average Bonchev–Trinajstić information content (AvgIpc) is 2.23. The summed E-state index contributed by atoms with van der Waals surface area (Å²) < 4.78 is 0. The van der Waals surface area contributed by atoms with E-state index in [0.29, 0.717) is 6.54 Å². The van der Waals surface area contributed by atoms with E-state index in [2.05, 4.69) is 11.2 Å². The van der Waals surface area contributed by atoms with Gasteiger partial charge in [-0.15, -0.1) is 6.42 Å². The Morgan fingerprint density at radius 3 is 2.47 bits per heavy atom. The Balaban J connectivity index is 4.54. The summed E-state index contributed by atoms with van der Waals surface area (Å²) in [6.45, 7) is 2.09. The van der Waals surface area contributed by atoms with E-state index in [0.717, 1.165) is 0 Å². The van der Waals surface area contributed by atoms with Crippen molar-refractivity contribution in [3.05, 3.63) is 0 Å². The lowest BCUT2D eigenvalue weighted by Gasteiger charge is -2.21. The number of urea groups is 1. The Morgan fingerprint density at radius 1 is 1.53 bits per heavy atom. The number of nitrogens with two attached hydrogens (primary N) is 1. The largest absolute Gasteiger partial charge is 0.480 e. The molecule has 1 atom stereocenters. The summed E-state index contributed by atoms with van der Waals surface area (Å²) in [6, 6.07) is -1.98. The van der Waals surface area contributed by atoms with Crippen molar-refractivity contribution < 1.29 is 19.5 Å². The van der Waals surface area contributed by atoms with E-state index in [1.807, 2.05) is 0 Å². The molecule has 3 amide bonds. The van der Waals surface area contributed by atoms with Crippen molar-refractivity contribution in [3.63, 3.8) is 0 Å². The van der Waals surface area contributed by atoms with Gasteiger partial charge in [0.2, 0.25) is 5.91 Å². The number of carboxylic acid groups (broad SMARTS) is 1. The minimum Gasteiger partial charge on any atom is -0.480 e. The Kier molecular flexibility index (Phi) is 6.18. The zero-order chi connectivity index (χ0) is 13.4. The van der Waals surface area contributed by atoms with Crippen LogP contribution in [-0.4, -0.2) is 47.0 Å². The summed E-state index contributed by atoms with van der Waals surface area (Å²) in [6.07, 6.45) is 4.59. The van der Waals surface area contributed by atoms with Crippen molar-refractivity contribution in [1.82, 2.24) is 10.2 Å². The number of hydrogen-bond acceptors (Lipinski definition) is 3. The third kappa shape index (κ3) is 5.41. The second kappa shape index (κ2) is 7.11. The summed E-state index contributed by atoms with van der Waals surface area (Å²) in [5, 5.41) is 10.9. The lowest BCUT2D eigenvalue weighted by atomic mass is 10.2. The number of carbonyl (C=O) groups is 3. The van der Waals surface area contributed by atoms with Crippen molar-refractivity contribution >= 4 is 17.9 Å². The number of terminal acetylenes is 1. The number of hydrogen-bond donors (Lipinski definition) is 3. The highest BCUT2D eigenvalue weighted by atomic mass is 16.4. The number of aliphatic carboxylic acids is 1. The molecule has 0 bridgehead atoms. The zero-order valence-corrected chi connectivity index (χ0v) is 9.47. The molecular weight excluding hydrogens is 226 g/mol. The Labute approximate surface area is 99.0 Å². The van der Waals surface area contributed by atoms with Gasteiger partial charge >= 0.3 is 12.0 Å². The van der Waals surface area contributed by atoms with E-state index in [-0.39, 0.29) is 6.54 Å². The van der Waals surface area contributed by atoms with Crippen molar-refractivity contribution in [2.45, 2.75) is 19.4 Å². The highest BCUT2D eigenvalue weighted by molar-refractivity contribution is 5.87. The monoisotopic (exact) mass is 241 g/mol. The van der Waals surface area contributed by atoms with Gasteiger partial charge in [-0.1, -0.05) is 5.92 Å². The second-order valence-corrected chi connectivity index (χ2v) is 3.23. The third-order valence-corrected chi connectivity index (χ3v) is 1.95. The molecule has 7 heteroatoms. The van der Waals surface area contributed by atoms with Gasteiger partial charge in [0.15, 0.2) is 0 Å². The molecule has 0 aliphatic carbocycles. The maximum Gasteiger partial charge on any atom is 0.326 e. The quantitative estimate of drug-likeness (QED) is 0.516. The molecule has 4 N–H and O–H groups in total. The molecule has 0 aliphatic rings. The zero-order valence-electron chi connectivity index (χ0n) is 9.47. The molecular formula is C10H15N3O4.